The summed E-state index contributed by atoms with van der Waals surface area (Å²) in [5.41, 5.74) is 0. The molecule has 0 aromatic carbocycles. The molecule has 0 bridgehead atoms. The maximum atomic E-state index is 4.94. The van der Waals surface area contributed by atoms with Crippen molar-refractivity contribution in [1.82, 2.24) is 0 Å². The van der Waals surface area contributed by atoms with Crippen LogP contribution < -0.4 is 29.6 Å². The topological polar surface area (TPSA) is 74.9 Å². The summed E-state index contributed by atoms with van der Waals surface area (Å²) >= 11 is 0. The first-order valence-electron chi connectivity index (χ1n) is 15.5. The Bertz CT molecular complexity index is 313. The fraction of sp³-hybridized carbons (Fsp3) is 1.00. The summed E-state index contributed by atoms with van der Waals surface area (Å²) in [5, 5.41) is 17.1. The third kappa shape index (κ3) is 77.6. The van der Waals surface area contributed by atoms with Crippen LogP contribution in [0.3, 0.4) is 0 Å². The summed E-state index contributed by atoms with van der Waals surface area (Å²) in [4.78, 5) is 0. The molecule has 2 rings (SSSR count). The summed E-state index contributed by atoms with van der Waals surface area (Å²) < 4.78 is 9.89. The van der Waals surface area contributed by atoms with Crippen molar-refractivity contribution in [2.24, 2.45) is 0 Å². The molecule has 2 aliphatic rings. The smallest absolute Gasteiger partial charge is 0.658 e. The van der Waals surface area contributed by atoms with Gasteiger partial charge in [-0.15, -0.1) is 48.3 Å². The van der Waals surface area contributed by atoms with Crippen LogP contribution in [-0.2, 0) is 42.2 Å². The molecule has 2 heterocycles. The van der Waals surface area contributed by atoms with Crippen LogP contribution in [-0.4, -0.2) is 74.8 Å². The largest absolute Gasteiger partial charge is 3.00 e. The van der Waals surface area contributed by atoms with E-state index in [-0.39, 0.29) is 62.3 Å². The van der Waals surface area contributed by atoms with Gasteiger partial charge in [0.15, 0.2) is 0 Å². The summed E-state index contributed by atoms with van der Waals surface area (Å²) in [6, 6.07) is 4.00. The van der Waals surface area contributed by atoms with Crippen LogP contribution in [0.2, 0.25) is 0 Å². The monoisotopic (exact) mass is 656 g/mol. The van der Waals surface area contributed by atoms with Gasteiger partial charge < -0.3 is 30.7 Å². The van der Waals surface area contributed by atoms with E-state index in [1.807, 2.05) is 0 Å². The number of hydrogen-bond acceptors (Lipinski definition) is 2. The Labute approximate surface area is 301 Å². The normalized spacial score (nSPS) is 13.8. The van der Waals surface area contributed by atoms with Crippen molar-refractivity contribution in [3.8, 4) is 0 Å². The standard InChI is InChI=1S/4C6H14N.2C4H8O.Na.Y/c4*1-5(2)7-6(3)4;2*1-2-4-5-3-1;;/h4*5-6H,1-4H3;2*1-4H2;;/q4*-1;;;+1;+3. The van der Waals surface area contributed by atoms with Gasteiger partial charge in [0.1, 0.15) is 0 Å². The molecule has 0 aliphatic carbocycles. The zero-order valence-electron chi connectivity index (χ0n) is 30.5. The number of ether oxygens (including phenoxy) is 2. The molecule has 2 saturated heterocycles. The van der Waals surface area contributed by atoms with Crippen molar-refractivity contribution in [2.45, 2.75) is 185 Å². The molecule has 0 spiro atoms. The zero-order chi connectivity index (χ0) is 30.5. The van der Waals surface area contributed by atoms with Crippen LogP contribution in [0, 0.1) is 0 Å². The second-order valence-corrected chi connectivity index (χ2v) is 12.0. The molecule has 0 radical (unpaired) electrons. The molecule has 0 N–H and O–H groups in total. The molecule has 40 heavy (non-hydrogen) atoms. The van der Waals surface area contributed by atoms with Gasteiger partial charge in [-0.1, -0.05) is 111 Å². The van der Waals surface area contributed by atoms with Gasteiger partial charge in [0.05, 0.1) is 0 Å². The van der Waals surface area contributed by atoms with Gasteiger partial charge in [-0.25, -0.2) is 0 Å². The van der Waals surface area contributed by atoms with Crippen LogP contribution in [0.4, 0.5) is 0 Å². The van der Waals surface area contributed by atoms with E-state index >= 15 is 0 Å². The van der Waals surface area contributed by atoms with E-state index < -0.39 is 0 Å². The van der Waals surface area contributed by atoms with Gasteiger partial charge in [-0.3, -0.25) is 0 Å². The Hall–Kier alpha value is 1.86. The predicted molar refractivity (Wildman–Crippen MR) is 175 cm³/mol. The van der Waals surface area contributed by atoms with Gasteiger partial charge in [0.2, 0.25) is 0 Å². The fourth-order valence-electron chi connectivity index (χ4n) is 3.41. The first kappa shape index (κ1) is 54.4. The first-order valence-corrected chi connectivity index (χ1v) is 15.5. The van der Waals surface area contributed by atoms with E-state index in [1.165, 1.54) is 25.7 Å². The number of rotatable bonds is 8. The minimum atomic E-state index is 0. The quantitative estimate of drug-likeness (QED) is 0.257. The van der Waals surface area contributed by atoms with Gasteiger partial charge in [0, 0.05) is 26.4 Å². The van der Waals surface area contributed by atoms with E-state index in [0.717, 1.165) is 26.4 Å². The molecule has 2 aliphatic heterocycles. The van der Waals surface area contributed by atoms with Crippen molar-refractivity contribution in [3.63, 3.8) is 0 Å². The van der Waals surface area contributed by atoms with Gasteiger partial charge in [-0.2, -0.15) is 0 Å². The van der Waals surface area contributed by atoms with Crippen LogP contribution in [0.25, 0.3) is 21.3 Å². The van der Waals surface area contributed by atoms with E-state index in [2.05, 4.69) is 132 Å². The summed E-state index contributed by atoms with van der Waals surface area (Å²) in [5.74, 6) is 0. The van der Waals surface area contributed by atoms with Gasteiger partial charge in [-0.05, 0) is 25.7 Å². The van der Waals surface area contributed by atoms with E-state index in [4.69, 9.17) is 9.47 Å². The van der Waals surface area contributed by atoms with Crippen LogP contribution in [0.5, 0.6) is 0 Å². The molecule has 0 atom stereocenters. The van der Waals surface area contributed by atoms with E-state index in [0.29, 0.717) is 48.3 Å². The molecule has 0 unspecified atom stereocenters. The minimum Gasteiger partial charge on any atom is -0.658 e. The van der Waals surface area contributed by atoms with Gasteiger partial charge in [0.25, 0.3) is 0 Å². The molecule has 0 amide bonds. The zero-order valence-corrected chi connectivity index (χ0v) is 35.3. The Morgan fingerprint density at radius 3 is 0.475 bits per heavy atom. The van der Waals surface area contributed by atoms with E-state index in [1.54, 1.807) is 0 Å². The summed E-state index contributed by atoms with van der Waals surface area (Å²) in [6.07, 6.45) is 5.11. The third-order valence-electron chi connectivity index (χ3n) is 4.04. The number of hydrogen-bond donors (Lipinski definition) is 0. The van der Waals surface area contributed by atoms with Crippen LogP contribution in [0.1, 0.15) is 136 Å². The van der Waals surface area contributed by atoms with Gasteiger partial charge >= 0.3 is 62.3 Å². The van der Waals surface area contributed by atoms with Crippen molar-refractivity contribution >= 4 is 0 Å². The van der Waals surface area contributed by atoms with Crippen molar-refractivity contribution < 1.29 is 71.7 Å². The molecule has 0 aromatic rings. The maximum Gasteiger partial charge on any atom is 3.00 e. The molecular formula is C32H72N4NaO2Y. The first-order chi connectivity index (χ1) is 17.5. The minimum absolute atomic E-state index is 0. The maximum absolute atomic E-state index is 4.94. The van der Waals surface area contributed by atoms with Crippen molar-refractivity contribution in [2.75, 3.05) is 26.4 Å². The Kier molecular flexibility index (Phi) is 55.5. The summed E-state index contributed by atoms with van der Waals surface area (Å²) in [7, 11) is 0. The molecule has 6 nitrogen and oxygen atoms in total. The molecule has 236 valence electrons. The SMILES string of the molecule is C1CCOC1.C1CCOC1.CC(C)[N-]C(C)C.CC(C)[N-]C(C)C.CC(C)[N-]C(C)C.CC(C)[N-]C(C)C.[Na+].[Y+3]. The fourth-order valence-corrected chi connectivity index (χ4v) is 3.41. The van der Waals surface area contributed by atoms with Crippen molar-refractivity contribution in [1.29, 1.82) is 0 Å². The molecule has 2 fully saturated rings. The molecular weight excluding hydrogens is 584 g/mol. The molecule has 8 heteroatoms. The average molecular weight is 657 g/mol. The second-order valence-electron chi connectivity index (χ2n) is 12.0. The Morgan fingerprint density at radius 2 is 0.450 bits per heavy atom. The average Bonchev–Trinajstić information content (AvgIpc) is 3.45. The third-order valence-corrected chi connectivity index (χ3v) is 4.04. The Balaban J connectivity index is -0.0000000861. The molecule has 0 saturated carbocycles. The number of nitrogens with zero attached hydrogens (tertiary/aromatic N) is 4. The van der Waals surface area contributed by atoms with Crippen LogP contribution in [0.15, 0.2) is 0 Å². The second kappa shape index (κ2) is 40.9. The van der Waals surface area contributed by atoms with Crippen molar-refractivity contribution in [3.05, 3.63) is 21.3 Å². The molecule has 0 aromatic heterocycles. The Morgan fingerprint density at radius 1 is 0.325 bits per heavy atom. The predicted octanol–water partition coefficient (Wildman–Crippen LogP) is 7.30. The van der Waals surface area contributed by atoms with Crippen LogP contribution >= 0.6 is 0 Å². The summed E-state index contributed by atoms with van der Waals surface area (Å²) in [6.45, 7) is 37.6. The van der Waals surface area contributed by atoms with E-state index in [9.17, 15) is 0 Å².